The molecular formula is C10H15N3. The van der Waals surface area contributed by atoms with Gasteiger partial charge in [0.2, 0.25) is 0 Å². The minimum absolute atomic E-state index is 0.211. The van der Waals surface area contributed by atoms with Crippen LogP contribution >= 0.6 is 0 Å². The molecule has 0 bridgehead atoms. The fourth-order valence-corrected chi connectivity index (χ4v) is 1.87. The van der Waals surface area contributed by atoms with Crippen LogP contribution in [-0.2, 0) is 5.54 Å². The lowest BCUT2D eigenvalue weighted by Gasteiger charge is -2.08. The molecule has 1 aliphatic rings. The van der Waals surface area contributed by atoms with Gasteiger partial charge in [0.15, 0.2) is 0 Å². The van der Waals surface area contributed by atoms with Crippen molar-refractivity contribution in [3.8, 4) is 0 Å². The highest BCUT2D eigenvalue weighted by atomic mass is 15.0. The summed E-state index contributed by atoms with van der Waals surface area (Å²) in [4.78, 5) is 8.42. The van der Waals surface area contributed by atoms with Crippen LogP contribution < -0.4 is 5.73 Å². The molecule has 3 nitrogen and oxygen atoms in total. The molecule has 3 heteroatoms. The van der Waals surface area contributed by atoms with Gasteiger partial charge in [0.05, 0.1) is 5.54 Å². The lowest BCUT2D eigenvalue weighted by atomic mass is 10.1. The summed E-state index contributed by atoms with van der Waals surface area (Å²) in [5.74, 6) is 1.41. The average molecular weight is 177 g/mol. The predicted molar refractivity (Wildman–Crippen MR) is 50.9 cm³/mol. The first-order chi connectivity index (χ1) is 6.27. The van der Waals surface area contributed by atoms with Crippen LogP contribution in [0.4, 0.5) is 0 Å². The SMILES string of the molecule is CCCC1CC1(N)c1ncccn1. The standard InChI is InChI=1S/C10H15N3/c1-2-4-8-7-10(8,11)9-12-5-3-6-13-9/h3,5-6,8H,2,4,7,11H2,1H3. The molecule has 1 aromatic heterocycles. The van der Waals surface area contributed by atoms with E-state index in [1.54, 1.807) is 12.4 Å². The minimum Gasteiger partial charge on any atom is -0.319 e. The Morgan fingerprint density at radius 3 is 2.85 bits per heavy atom. The molecule has 0 radical (unpaired) electrons. The number of nitrogens with zero attached hydrogens (tertiary/aromatic N) is 2. The van der Waals surface area contributed by atoms with E-state index in [0.717, 1.165) is 12.2 Å². The van der Waals surface area contributed by atoms with Crippen molar-refractivity contribution in [2.75, 3.05) is 0 Å². The Bertz CT molecular complexity index is 285. The molecule has 1 heterocycles. The summed E-state index contributed by atoms with van der Waals surface area (Å²) in [6.07, 6.45) is 6.95. The largest absolute Gasteiger partial charge is 0.319 e. The minimum atomic E-state index is -0.211. The summed E-state index contributed by atoms with van der Waals surface area (Å²) in [7, 11) is 0. The predicted octanol–water partition coefficient (Wildman–Crippen LogP) is 1.45. The van der Waals surface area contributed by atoms with Crippen molar-refractivity contribution >= 4 is 0 Å². The molecule has 0 spiro atoms. The molecule has 1 saturated carbocycles. The Labute approximate surface area is 78.4 Å². The van der Waals surface area contributed by atoms with Gasteiger partial charge >= 0.3 is 0 Å². The number of rotatable bonds is 3. The van der Waals surface area contributed by atoms with Gasteiger partial charge in [0.25, 0.3) is 0 Å². The molecule has 70 valence electrons. The van der Waals surface area contributed by atoms with Crippen LogP contribution in [0.3, 0.4) is 0 Å². The maximum atomic E-state index is 6.17. The normalized spacial score (nSPS) is 31.7. The summed E-state index contributed by atoms with van der Waals surface area (Å²) in [5, 5.41) is 0. The molecule has 13 heavy (non-hydrogen) atoms. The summed E-state index contributed by atoms with van der Waals surface area (Å²) in [5.41, 5.74) is 5.96. The Kier molecular flexibility index (Phi) is 2.04. The molecule has 2 atom stereocenters. The average Bonchev–Trinajstić information content (AvgIpc) is 2.81. The van der Waals surface area contributed by atoms with Crippen molar-refractivity contribution < 1.29 is 0 Å². The fraction of sp³-hybridized carbons (Fsp3) is 0.600. The zero-order valence-corrected chi connectivity index (χ0v) is 7.90. The molecule has 2 N–H and O–H groups in total. The van der Waals surface area contributed by atoms with E-state index in [0.29, 0.717) is 5.92 Å². The first-order valence-electron chi connectivity index (χ1n) is 4.83. The van der Waals surface area contributed by atoms with Crippen LogP contribution in [-0.4, -0.2) is 9.97 Å². The molecule has 1 fully saturated rings. The molecule has 1 aromatic rings. The van der Waals surface area contributed by atoms with E-state index < -0.39 is 0 Å². The van der Waals surface area contributed by atoms with E-state index in [1.165, 1.54) is 12.8 Å². The van der Waals surface area contributed by atoms with Gasteiger partial charge in [-0.1, -0.05) is 13.3 Å². The van der Waals surface area contributed by atoms with Gasteiger partial charge in [-0.05, 0) is 24.8 Å². The van der Waals surface area contributed by atoms with E-state index in [4.69, 9.17) is 5.73 Å². The van der Waals surface area contributed by atoms with Crippen molar-refractivity contribution in [2.45, 2.75) is 31.7 Å². The van der Waals surface area contributed by atoms with Crippen LogP contribution in [0.15, 0.2) is 18.5 Å². The fourth-order valence-electron chi connectivity index (χ4n) is 1.87. The van der Waals surface area contributed by atoms with Crippen molar-refractivity contribution in [1.29, 1.82) is 0 Å². The molecule has 2 rings (SSSR count). The smallest absolute Gasteiger partial charge is 0.148 e. The molecule has 2 unspecified atom stereocenters. The van der Waals surface area contributed by atoms with Crippen molar-refractivity contribution in [1.82, 2.24) is 9.97 Å². The van der Waals surface area contributed by atoms with E-state index in [1.807, 2.05) is 6.07 Å². The summed E-state index contributed by atoms with van der Waals surface area (Å²) >= 11 is 0. The van der Waals surface area contributed by atoms with Gasteiger partial charge in [-0.15, -0.1) is 0 Å². The van der Waals surface area contributed by atoms with Gasteiger partial charge < -0.3 is 5.73 Å². The number of aromatic nitrogens is 2. The Balaban J connectivity index is 2.11. The van der Waals surface area contributed by atoms with E-state index in [-0.39, 0.29) is 5.54 Å². The maximum Gasteiger partial charge on any atom is 0.148 e. The topological polar surface area (TPSA) is 51.8 Å². The third-order valence-corrected chi connectivity index (χ3v) is 2.77. The van der Waals surface area contributed by atoms with Gasteiger partial charge in [0, 0.05) is 12.4 Å². The lowest BCUT2D eigenvalue weighted by Crippen LogP contribution is -2.24. The molecule has 1 aliphatic carbocycles. The third-order valence-electron chi connectivity index (χ3n) is 2.77. The molecule has 0 aromatic carbocycles. The van der Waals surface area contributed by atoms with Crippen LogP contribution in [0.2, 0.25) is 0 Å². The highest BCUT2D eigenvalue weighted by Gasteiger charge is 2.53. The quantitative estimate of drug-likeness (QED) is 0.760. The van der Waals surface area contributed by atoms with Gasteiger partial charge in [-0.25, -0.2) is 9.97 Å². The van der Waals surface area contributed by atoms with Crippen LogP contribution in [0.5, 0.6) is 0 Å². The third kappa shape index (κ3) is 1.44. The number of hydrogen-bond donors (Lipinski definition) is 1. The second kappa shape index (κ2) is 3.07. The summed E-state index contributed by atoms with van der Waals surface area (Å²) < 4.78 is 0. The van der Waals surface area contributed by atoms with Crippen molar-refractivity contribution in [2.24, 2.45) is 11.7 Å². The Morgan fingerprint density at radius 2 is 2.23 bits per heavy atom. The van der Waals surface area contributed by atoms with E-state index in [2.05, 4.69) is 16.9 Å². The van der Waals surface area contributed by atoms with E-state index >= 15 is 0 Å². The maximum absolute atomic E-state index is 6.17. The first-order valence-corrected chi connectivity index (χ1v) is 4.83. The number of hydrogen-bond acceptors (Lipinski definition) is 3. The molecular weight excluding hydrogens is 162 g/mol. The summed E-state index contributed by atoms with van der Waals surface area (Å²) in [6.45, 7) is 2.19. The van der Waals surface area contributed by atoms with Crippen molar-refractivity contribution in [3.05, 3.63) is 24.3 Å². The highest BCUT2D eigenvalue weighted by Crippen LogP contribution is 2.50. The zero-order chi connectivity index (χ0) is 9.31. The van der Waals surface area contributed by atoms with Gasteiger partial charge in [-0.2, -0.15) is 0 Å². The monoisotopic (exact) mass is 177 g/mol. The summed E-state index contributed by atoms with van der Waals surface area (Å²) in [6, 6.07) is 1.82. The van der Waals surface area contributed by atoms with Crippen molar-refractivity contribution in [3.63, 3.8) is 0 Å². The van der Waals surface area contributed by atoms with Crippen LogP contribution in [0.25, 0.3) is 0 Å². The van der Waals surface area contributed by atoms with Crippen LogP contribution in [0.1, 0.15) is 32.0 Å². The van der Waals surface area contributed by atoms with E-state index in [9.17, 15) is 0 Å². The Hall–Kier alpha value is -0.960. The second-order valence-corrected chi connectivity index (χ2v) is 3.80. The van der Waals surface area contributed by atoms with Crippen LogP contribution in [0, 0.1) is 5.92 Å². The second-order valence-electron chi connectivity index (χ2n) is 3.80. The Morgan fingerprint density at radius 1 is 1.54 bits per heavy atom. The zero-order valence-electron chi connectivity index (χ0n) is 7.90. The molecule has 0 amide bonds. The van der Waals surface area contributed by atoms with Gasteiger partial charge in [-0.3, -0.25) is 0 Å². The first kappa shape index (κ1) is 8.63. The molecule has 0 aliphatic heterocycles. The lowest BCUT2D eigenvalue weighted by molar-refractivity contribution is 0.555. The highest BCUT2D eigenvalue weighted by molar-refractivity contribution is 5.18. The molecule has 0 saturated heterocycles. The number of nitrogens with two attached hydrogens (primary N) is 1. The van der Waals surface area contributed by atoms with Gasteiger partial charge in [0.1, 0.15) is 5.82 Å².